The van der Waals surface area contributed by atoms with Crippen molar-refractivity contribution in [3.63, 3.8) is 0 Å². The number of likely N-dealkylation sites (tertiary alicyclic amines) is 1. The van der Waals surface area contributed by atoms with Gasteiger partial charge in [0.1, 0.15) is 0 Å². The first kappa shape index (κ1) is 19.1. The number of hydrogen-bond acceptors (Lipinski definition) is 4. The van der Waals surface area contributed by atoms with Gasteiger partial charge in [0.25, 0.3) is 11.8 Å². The summed E-state index contributed by atoms with van der Waals surface area (Å²) in [6.07, 6.45) is 9.28. The molecule has 4 heterocycles. The third kappa shape index (κ3) is 3.85. The predicted molar refractivity (Wildman–Crippen MR) is 110 cm³/mol. The van der Waals surface area contributed by atoms with Crippen molar-refractivity contribution >= 4 is 17.3 Å². The Morgan fingerprint density at radius 2 is 2.10 bits per heavy atom. The molecule has 1 aliphatic heterocycles. The maximum atomic E-state index is 13.3. The van der Waals surface area contributed by atoms with E-state index in [0.717, 1.165) is 37.8 Å². The van der Waals surface area contributed by atoms with Crippen LogP contribution in [-0.4, -0.2) is 43.7 Å². The second-order valence-electron chi connectivity index (χ2n) is 7.34. The van der Waals surface area contributed by atoms with Gasteiger partial charge in [0.15, 0.2) is 5.69 Å². The number of nitrogens with zero attached hydrogens (tertiary/aromatic N) is 4. The second-order valence-corrected chi connectivity index (χ2v) is 7.34. The molecule has 1 N–H and O–H groups in total. The van der Waals surface area contributed by atoms with Crippen molar-refractivity contribution in [3.8, 4) is 0 Å². The third-order valence-electron chi connectivity index (χ3n) is 5.49. The first-order chi connectivity index (χ1) is 14.2. The van der Waals surface area contributed by atoms with Gasteiger partial charge in [-0.25, -0.2) is 4.98 Å². The number of pyridine rings is 2. The highest BCUT2D eigenvalue weighted by Gasteiger charge is 2.30. The van der Waals surface area contributed by atoms with Crippen molar-refractivity contribution in [2.75, 3.05) is 6.54 Å². The molecule has 2 amide bonds. The summed E-state index contributed by atoms with van der Waals surface area (Å²) in [6, 6.07) is 9.46. The minimum absolute atomic E-state index is 0.107. The van der Waals surface area contributed by atoms with Crippen LogP contribution in [0.2, 0.25) is 0 Å². The molecule has 3 aromatic rings. The van der Waals surface area contributed by atoms with Crippen LogP contribution in [0, 0.1) is 0 Å². The lowest BCUT2D eigenvalue weighted by molar-refractivity contribution is 0.0594. The van der Waals surface area contributed by atoms with Crippen molar-refractivity contribution in [2.45, 2.75) is 45.2 Å². The summed E-state index contributed by atoms with van der Waals surface area (Å²) in [7, 11) is 0. The monoisotopic (exact) mass is 391 g/mol. The van der Waals surface area contributed by atoms with Crippen LogP contribution < -0.4 is 5.32 Å². The Kier molecular flexibility index (Phi) is 5.55. The fourth-order valence-electron chi connectivity index (χ4n) is 3.95. The van der Waals surface area contributed by atoms with Crippen LogP contribution in [0.4, 0.5) is 0 Å². The number of imidazole rings is 1. The van der Waals surface area contributed by atoms with Gasteiger partial charge in [-0.05, 0) is 49.4 Å². The molecule has 7 nitrogen and oxygen atoms in total. The highest BCUT2D eigenvalue weighted by molar-refractivity contribution is 6.02. The normalized spacial score (nSPS) is 16.7. The topological polar surface area (TPSA) is 79.6 Å². The third-order valence-corrected chi connectivity index (χ3v) is 5.49. The lowest BCUT2D eigenvalue weighted by atomic mass is 10.00. The van der Waals surface area contributed by atoms with Crippen LogP contribution in [-0.2, 0) is 6.54 Å². The minimum atomic E-state index is -0.303. The maximum absolute atomic E-state index is 13.3. The number of piperidine rings is 1. The van der Waals surface area contributed by atoms with E-state index in [-0.39, 0.29) is 23.6 Å². The number of aromatic nitrogens is 3. The number of rotatable bonds is 5. The van der Waals surface area contributed by atoms with Crippen LogP contribution in [0.1, 0.15) is 59.3 Å². The molecular weight excluding hydrogens is 366 g/mol. The van der Waals surface area contributed by atoms with E-state index in [0.29, 0.717) is 17.9 Å². The summed E-state index contributed by atoms with van der Waals surface area (Å²) < 4.78 is 1.72. The minimum Gasteiger partial charge on any atom is -0.346 e. The molecule has 0 spiro atoms. The zero-order valence-electron chi connectivity index (χ0n) is 16.5. The number of fused-ring (bicyclic) bond motifs is 1. The van der Waals surface area contributed by atoms with Gasteiger partial charge in [-0.15, -0.1) is 0 Å². The van der Waals surface area contributed by atoms with Crippen molar-refractivity contribution < 1.29 is 9.59 Å². The zero-order valence-corrected chi connectivity index (χ0v) is 16.5. The smallest absolute Gasteiger partial charge is 0.290 e. The van der Waals surface area contributed by atoms with E-state index in [9.17, 15) is 9.59 Å². The standard InChI is InChI=1S/C22H25N5O2/c1-2-17-9-3-5-12-26(17)22(29)20-25-19(18-10-4-6-13-27(18)20)21(28)24-15-16-8-7-11-23-14-16/h4,6-8,10-11,13-14,17H,2-3,5,9,12,15H2,1H3,(H,24,28). The van der Waals surface area contributed by atoms with Gasteiger partial charge in [-0.2, -0.15) is 0 Å². The molecule has 0 aliphatic carbocycles. The molecule has 150 valence electrons. The van der Waals surface area contributed by atoms with Crippen molar-refractivity contribution in [1.82, 2.24) is 24.6 Å². The molecule has 4 rings (SSSR count). The fraction of sp³-hybridized carbons (Fsp3) is 0.364. The van der Waals surface area contributed by atoms with E-state index in [4.69, 9.17) is 0 Å². The molecule has 29 heavy (non-hydrogen) atoms. The van der Waals surface area contributed by atoms with Gasteiger partial charge < -0.3 is 10.2 Å². The summed E-state index contributed by atoms with van der Waals surface area (Å²) >= 11 is 0. The first-order valence-corrected chi connectivity index (χ1v) is 10.1. The van der Waals surface area contributed by atoms with Crippen LogP contribution in [0.3, 0.4) is 0 Å². The number of carbonyl (C=O) groups is 2. The van der Waals surface area contributed by atoms with Gasteiger partial charge in [0.05, 0.1) is 5.52 Å². The van der Waals surface area contributed by atoms with E-state index in [2.05, 4.69) is 22.2 Å². The molecule has 1 saturated heterocycles. The molecule has 1 unspecified atom stereocenters. The van der Waals surface area contributed by atoms with Gasteiger partial charge >= 0.3 is 0 Å². The fourth-order valence-corrected chi connectivity index (χ4v) is 3.95. The van der Waals surface area contributed by atoms with E-state index in [1.807, 2.05) is 35.2 Å². The largest absolute Gasteiger partial charge is 0.346 e. The zero-order chi connectivity index (χ0) is 20.2. The maximum Gasteiger partial charge on any atom is 0.290 e. The van der Waals surface area contributed by atoms with Crippen molar-refractivity contribution in [3.05, 3.63) is 66.0 Å². The van der Waals surface area contributed by atoms with E-state index in [1.54, 1.807) is 23.0 Å². The van der Waals surface area contributed by atoms with Gasteiger partial charge in [-0.1, -0.05) is 19.1 Å². The van der Waals surface area contributed by atoms with Crippen LogP contribution in [0.15, 0.2) is 48.9 Å². The van der Waals surface area contributed by atoms with Crippen molar-refractivity contribution in [1.29, 1.82) is 0 Å². The second kappa shape index (κ2) is 8.43. The average molecular weight is 391 g/mol. The van der Waals surface area contributed by atoms with Crippen LogP contribution in [0.5, 0.6) is 0 Å². The number of amides is 2. The Bertz CT molecular complexity index is 1010. The first-order valence-electron chi connectivity index (χ1n) is 10.1. The van der Waals surface area contributed by atoms with Gasteiger partial charge in [-0.3, -0.25) is 19.0 Å². The van der Waals surface area contributed by atoms with E-state index < -0.39 is 0 Å². The summed E-state index contributed by atoms with van der Waals surface area (Å²) in [5.41, 5.74) is 1.80. The van der Waals surface area contributed by atoms with Gasteiger partial charge in [0, 0.05) is 37.7 Å². The Labute approximate surface area is 169 Å². The molecule has 0 radical (unpaired) electrons. The molecule has 0 bridgehead atoms. The summed E-state index contributed by atoms with van der Waals surface area (Å²) in [4.78, 5) is 36.6. The lowest BCUT2D eigenvalue weighted by Crippen LogP contribution is -2.44. The summed E-state index contributed by atoms with van der Waals surface area (Å²) in [5.74, 6) is -0.112. The highest BCUT2D eigenvalue weighted by atomic mass is 16.2. The van der Waals surface area contributed by atoms with Gasteiger partial charge in [0.2, 0.25) is 5.82 Å². The lowest BCUT2D eigenvalue weighted by Gasteiger charge is -2.34. The molecule has 0 aromatic carbocycles. The average Bonchev–Trinajstić information content (AvgIpc) is 3.17. The predicted octanol–water partition coefficient (Wildman–Crippen LogP) is 3.06. The number of carbonyl (C=O) groups excluding carboxylic acids is 2. The molecule has 0 saturated carbocycles. The number of hydrogen-bond donors (Lipinski definition) is 1. The molecule has 3 aromatic heterocycles. The van der Waals surface area contributed by atoms with Crippen LogP contribution in [0.25, 0.3) is 5.52 Å². The summed E-state index contributed by atoms with van der Waals surface area (Å²) in [5, 5.41) is 2.88. The van der Waals surface area contributed by atoms with E-state index in [1.165, 1.54) is 0 Å². The molecule has 7 heteroatoms. The van der Waals surface area contributed by atoms with E-state index >= 15 is 0 Å². The Morgan fingerprint density at radius 3 is 2.90 bits per heavy atom. The number of nitrogens with one attached hydrogen (secondary N) is 1. The molecule has 1 fully saturated rings. The molecular formula is C22H25N5O2. The molecule has 1 atom stereocenters. The van der Waals surface area contributed by atoms with Crippen molar-refractivity contribution in [2.24, 2.45) is 0 Å². The highest BCUT2D eigenvalue weighted by Crippen LogP contribution is 2.23. The molecule has 1 aliphatic rings. The Morgan fingerprint density at radius 1 is 1.21 bits per heavy atom. The van der Waals surface area contributed by atoms with Crippen LogP contribution >= 0.6 is 0 Å². The Hall–Kier alpha value is -3.22. The SMILES string of the molecule is CCC1CCCCN1C(=O)c1nc(C(=O)NCc2cccnc2)c2ccccn12. The quantitative estimate of drug-likeness (QED) is 0.725. The summed E-state index contributed by atoms with van der Waals surface area (Å²) in [6.45, 7) is 3.20. The Balaban J connectivity index is 1.62.